The maximum Gasteiger partial charge on any atom is 1.00 e. The Morgan fingerprint density at radius 2 is 1.78 bits per heavy atom. The molecule has 0 spiro atoms. The molecular formula is C6H6KNO. The van der Waals surface area contributed by atoms with Gasteiger partial charge < -0.3 is 10.8 Å². The number of para-hydroxylation sites is 2. The minimum Gasteiger partial charge on any atom is -0.871 e. The molecule has 9 heavy (non-hydrogen) atoms. The summed E-state index contributed by atoms with van der Waals surface area (Å²) >= 11 is 0. The van der Waals surface area contributed by atoms with Crippen molar-refractivity contribution in [2.75, 3.05) is 5.73 Å². The normalized spacial score (nSPS) is 8.00. The summed E-state index contributed by atoms with van der Waals surface area (Å²) in [5, 5.41) is 10.5. The SMILES string of the molecule is Nc1ccccc1[O-].[K+]. The van der Waals surface area contributed by atoms with Crippen LogP contribution in [0.2, 0.25) is 0 Å². The van der Waals surface area contributed by atoms with Gasteiger partial charge in [-0.15, -0.1) is 0 Å². The standard InChI is InChI=1S/C6H7NO.K/c7-5-3-1-2-4-6(5)8;/h1-4,8H,7H2;/q;+1/p-1. The van der Waals surface area contributed by atoms with E-state index in [1.807, 2.05) is 0 Å². The smallest absolute Gasteiger partial charge is 0.871 e. The van der Waals surface area contributed by atoms with Crippen LogP contribution in [-0.2, 0) is 0 Å². The van der Waals surface area contributed by atoms with E-state index in [1.165, 1.54) is 6.07 Å². The fraction of sp³-hybridized carbons (Fsp3) is 0. The largest absolute Gasteiger partial charge is 1.00 e. The monoisotopic (exact) mass is 147 g/mol. The second-order valence-electron chi connectivity index (χ2n) is 1.54. The molecule has 3 heteroatoms. The fourth-order valence-corrected chi connectivity index (χ4v) is 0.481. The van der Waals surface area contributed by atoms with E-state index in [4.69, 9.17) is 5.73 Å². The Kier molecular flexibility index (Phi) is 4.52. The maximum atomic E-state index is 10.5. The molecule has 0 radical (unpaired) electrons. The summed E-state index contributed by atoms with van der Waals surface area (Å²) in [6, 6.07) is 6.42. The van der Waals surface area contributed by atoms with E-state index in [1.54, 1.807) is 18.2 Å². The van der Waals surface area contributed by atoms with Crippen molar-refractivity contribution >= 4 is 5.69 Å². The second kappa shape index (κ2) is 4.30. The van der Waals surface area contributed by atoms with E-state index in [0.717, 1.165) is 0 Å². The molecule has 0 aromatic heterocycles. The average molecular weight is 147 g/mol. The Balaban J connectivity index is 0.000000640. The number of nitrogens with two attached hydrogens (primary N) is 1. The molecule has 0 amide bonds. The van der Waals surface area contributed by atoms with Gasteiger partial charge in [-0.1, -0.05) is 23.9 Å². The van der Waals surface area contributed by atoms with Gasteiger partial charge in [0.1, 0.15) is 0 Å². The van der Waals surface area contributed by atoms with Gasteiger partial charge in [-0.3, -0.25) is 0 Å². The van der Waals surface area contributed by atoms with Crippen LogP contribution in [0.25, 0.3) is 0 Å². The first-order chi connectivity index (χ1) is 3.80. The summed E-state index contributed by atoms with van der Waals surface area (Å²) in [4.78, 5) is 0. The van der Waals surface area contributed by atoms with Crippen LogP contribution in [0.4, 0.5) is 5.69 Å². The first kappa shape index (κ1) is 9.46. The zero-order valence-corrected chi connectivity index (χ0v) is 8.42. The first-order valence-electron chi connectivity index (χ1n) is 2.32. The molecule has 0 bridgehead atoms. The molecule has 2 N–H and O–H groups in total. The zero-order chi connectivity index (χ0) is 5.98. The summed E-state index contributed by atoms with van der Waals surface area (Å²) in [5.41, 5.74) is 5.52. The Bertz CT molecular complexity index is 169. The average Bonchev–Trinajstić information content (AvgIpc) is 1.77. The van der Waals surface area contributed by atoms with Crippen molar-refractivity contribution in [1.29, 1.82) is 0 Å². The number of hydrogen-bond acceptors (Lipinski definition) is 2. The van der Waals surface area contributed by atoms with E-state index in [9.17, 15) is 5.11 Å². The van der Waals surface area contributed by atoms with Crippen molar-refractivity contribution in [2.24, 2.45) is 0 Å². The molecular weight excluding hydrogens is 141 g/mol. The molecule has 1 aromatic carbocycles. The molecule has 0 fully saturated rings. The number of anilines is 1. The number of rotatable bonds is 0. The van der Waals surface area contributed by atoms with Gasteiger partial charge in [-0.2, -0.15) is 0 Å². The van der Waals surface area contributed by atoms with Gasteiger partial charge in [0.05, 0.1) is 0 Å². The van der Waals surface area contributed by atoms with Crippen molar-refractivity contribution in [3.63, 3.8) is 0 Å². The predicted octanol–water partition coefficient (Wildman–Crippen LogP) is -2.65. The number of hydrogen-bond donors (Lipinski definition) is 1. The van der Waals surface area contributed by atoms with Crippen LogP contribution in [0.15, 0.2) is 24.3 Å². The Hall–Kier alpha value is 0.456. The van der Waals surface area contributed by atoms with Crippen LogP contribution in [0.3, 0.4) is 0 Å². The third-order valence-corrected chi connectivity index (χ3v) is 0.919. The molecule has 1 rings (SSSR count). The summed E-state index contributed by atoms with van der Waals surface area (Å²) in [5.74, 6) is -0.104. The molecule has 0 atom stereocenters. The molecule has 0 saturated carbocycles. The third-order valence-electron chi connectivity index (χ3n) is 0.919. The van der Waals surface area contributed by atoms with Gasteiger partial charge in [-0.05, 0) is 6.07 Å². The fourth-order valence-electron chi connectivity index (χ4n) is 0.481. The second-order valence-corrected chi connectivity index (χ2v) is 1.54. The summed E-state index contributed by atoms with van der Waals surface area (Å²) in [6.45, 7) is 0. The van der Waals surface area contributed by atoms with E-state index in [0.29, 0.717) is 5.69 Å². The van der Waals surface area contributed by atoms with Gasteiger partial charge in [0.15, 0.2) is 0 Å². The van der Waals surface area contributed by atoms with Gasteiger partial charge in [0.2, 0.25) is 0 Å². The summed E-state index contributed by atoms with van der Waals surface area (Å²) in [6.07, 6.45) is 0. The molecule has 2 nitrogen and oxygen atoms in total. The minimum atomic E-state index is -0.104. The van der Waals surface area contributed by atoms with Gasteiger partial charge in [0, 0.05) is 5.69 Å². The van der Waals surface area contributed by atoms with E-state index < -0.39 is 0 Å². The van der Waals surface area contributed by atoms with Gasteiger partial charge in [0.25, 0.3) is 0 Å². The van der Waals surface area contributed by atoms with Crippen molar-refractivity contribution in [1.82, 2.24) is 0 Å². The minimum absolute atomic E-state index is 0. The van der Waals surface area contributed by atoms with Crippen molar-refractivity contribution in [3.05, 3.63) is 24.3 Å². The number of nitrogen functional groups attached to an aromatic ring is 1. The first-order valence-corrected chi connectivity index (χ1v) is 2.32. The van der Waals surface area contributed by atoms with E-state index in [2.05, 4.69) is 0 Å². The Morgan fingerprint density at radius 1 is 1.22 bits per heavy atom. The Labute approximate surface area is 96.5 Å². The molecule has 0 aliphatic heterocycles. The van der Waals surface area contributed by atoms with Crippen LogP contribution in [0.1, 0.15) is 0 Å². The molecule has 1 aromatic rings. The Morgan fingerprint density at radius 3 is 2.11 bits per heavy atom. The van der Waals surface area contributed by atoms with Crippen molar-refractivity contribution < 1.29 is 56.5 Å². The third kappa shape index (κ3) is 2.69. The van der Waals surface area contributed by atoms with Crippen molar-refractivity contribution in [3.8, 4) is 5.75 Å². The van der Waals surface area contributed by atoms with Crippen molar-refractivity contribution in [2.45, 2.75) is 0 Å². The topological polar surface area (TPSA) is 49.1 Å². The van der Waals surface area contributed by atoms with Crippen LogP contribution in [-0.4, -0.2) is 0 Å². The quantitative estimate of drug-likeness (QED) is 0.322. The molecule has 0 aliphatic rings. The molecule has 42 valence electrons. The van der Waals surface area contributed by atoms with Crippen LogP contribution < -0.4 is 62.2 Å². The molecule has 0 heterocycles. The molecule has 0 unspecified atom stereocenters. The van der Waals surface area contributed by atoms with E-state index >= 15 is 0 Å². The summed E-state index contributed by atoms with van der Waals surface area (Å²) < 4.78 is 0. The van der Waals surface area contributed by atoms with Gasteiger partial charge in [-0.25, -0.2) is 0 Å². The summed E-state index contributed by atoms with van der Waals surface area (Å²) in [7, 11) is 0. The van der Waals surface area contributed by atoms with Gasteiger partial charge >= 0.3 is 51.4 Å². The zero-order valence-electron chi connectivity index (χ0n) is 5.29. The molecule has 0 aliphatic carbocycles. The van der Waals surface area contributed by atoms with Crippen LogP contribution in [0.5, 0.6) is 5.75 Å². The molecule has 0 saturated heterocycles. The number of benzene rings is 1. The van der Waals surface area contributed by atoms with Crippen LogP contribution >= 0.6 is 0 Å². The maximum absolute atomic E-state index is 10.5. The van der Waals surface area contributed by atoms with Crippen LogP contribution in [0, 0.1) is 0 Å². The van der Waals surface area contributed by atoms with E-state index in [-0.39, 0.29) is 57.1 Å². The predicted molar refractivity (Wildman–Crippen MR) is 30.3 cm³/mol.